The number of piperidine rings is 1. The number of nitrogens with zero attached hydrogens (tertiary/aromatic N) is 2. The lowest BCUT2D eigenvalue weighted by Crippen LogP contribution is -2.43. The van der Waals surface area contributed by atoms with Crippen molar-refractivity contribution in [3.05, 3.63) is 30.3 Å². The number of carbonyl (C=O) groups excluding carboxylic acids is 2. The molecule has 1 aromatic rings. The first-order valence-corrected chi connectivity index (χ1v) is 11.6. The normalized spacial score (nSPS) is 24.3. The van der Waals surface area contributed by atoms with E-state index in [0.29, 0.717) is 36.0 Å². The fourth-order valence-corrected chi connectivity index (χ4v) is 5.36. The zero-order valence-corrected chi connectivity index (χ0v) is 18.3. The van der Waals surface area contributed by atoms with Crippen molar-refractivity contribution in [2.45, 2.75) is 56.9 Å². The average Bonchev–Trinajstić information content (AvgIpc) is 3.13. The van der Waals surface area contributed by atoms with Crippen LogP contribution in [0, 0.1) is 17.8 Å². The number of amides is 2. The molecular formula is C23H34N2O2S. The number of likely N-dealkylation sites (tertiary alicyclic amines) is 1. The van der Waals surface area contributed by atoms with Crippen LogP contribution < -0.4 is 0 Å². The molecule has 1 heterocycles. The predicted molar refractivity (Wildman–Crippen MR) is 115 cm³/mol. The topological polar surface area (TPSA) is 40.6 Å². The SMILES string of the molecule is CC(C)CCC(=O)N(C)[C@H]1C[C@H]2CCN(C(=O)CSc3ccccc3)C[C@H]2C1. The molecule has 0 spiro atoms. The van der Waals surface area contributed by atoms with E-state index < -0.39 is 0 Å². The zero-order chi connectivity index (χ0) is 20.1. The van der Waals surface area contributed by atoms with Gasteiger partial charge in [0.05, 0.1) is 5.75 Å². The second kappa shape index (κ2) is 9.82. The summed E-state index contributed by atoms with van der Waals surface area (Å²) in [5.74, 6) is 2.82. The zero-order valence-electron chi connectivity index (χ0n) is 17.5. The molecule has 1 aliphatic carbocycles. The molecule has 1 aromatic carbocycles. The largest absolute Gasteiger partial charge is 0.343 e. The molecule has 4 nitrogen and oxygen atoms in total. The molecule has 0 N–H and O–H groups in total. The molecule has 2 amide bonds. The van der Waals surface area contributed by atoms with Gasteiger partial charge in [0.25, 0.3) is 0 Å². The Morgan fingerprint density at radius 2 is 1.89 bits per heavy atom. The second-order valence-electron chi connectivity index (χ2n) is 8.81. The van der Waals surface area contributed by atoms with Gasteiger partial charge in [-0.3, -0.25) is 9.59 Å². The lowest BCUT2D eigenvalue weighted by molar-refractivity contribution is -0.132. The van der Waals surface area contributed by atoms with E-state index >= 15 is 0 Å². The fraction of sp³-hybridized carbons (Fsp3) is 0.652. The summed E-state index contributed by atoms with van der Waals surface area (Å²) in [6.07, 6.45) is 4.85. The summed E-state index contributed by atoms with van der Waals surface area (Å²) in [6.45, 7) is 6.06. The number of carbonyl (C=O) groups is 2. The van der Waals surface area contributed by atoms with Crippen molar-refractivity contribution in [1.29, 1.82) is 0 Å². The third kappa shape index (κ3) is 5.53. The molecule has 2 fully saturated rings. The number of fused-ring (bicyclic) bond motifs is 1. The highest BCUT2D eigenvalue weighted by atomic mass is 32.2. The van der Waals surface area contributed by atoms with Gasteiger partial charge in [-0.15, -0.1) is 11.8 Å². The highest BCUT2D eigenvalue weighted by Crippen LogP contribution is 2.40. The Morgan fingerprint density at radius 1 is 1.18 bits per heavy atom. The Morgan fingerprint density at radius 3 is 2.61 bits per heavy atom. The van der Waals surface area contributed by atoms with Crippen molar-refractivity contribution >= 4 is 23.6 Å². The molecule has 1 saturated carbocycles. The van der Waals surface area contributed by atoms with Crippen molar-refractivity contribution in [3.8, 4) is 0 Å². The van der Waals surface area contributed by atoms with Crippen LogP contribution in [0.3, 0.4) is 0 Å². The van der Waals surface area contributed by atoms with E-state index in [1.807, 2.05) is 30.1 Å². The Kier molecular flexibility index (Phi) is 7.44. The maximum absolute atomic E-state index is 12.7. The first kappa shape index (κ1) is 21.2. The predicted octanol–water partition coefficient (Wildman–Crippen LogP) is 4.30. The summed E-state index contributed by atoms with van der Waals surface area (Å²) in [6, 6.07) is 10.5. The van der Waals surface area contributed by atoms with Gasteiger partial charge < -0.3 is 9.80 Å². The van der Waals surface area contributed by atoms with Crippen LogP contribution in [0.2, 0.25) is 0 Å². The van der Waals surface area contributed by atoms with E-state index in [1.54, 1.807) is 11.8 Å². The van der Waals surface area contributed by atoms with E-state index in [-0.39, 0.29) is 11.8 Å². The molecule has 0 unspecified atom stereocenters. The molecule has 2 aliphatic rings. The quantitative estimate of drug-likeness (QED) is 0.639. The minimum atomic E-state index is 0.247. The summed E-state index contributed by atoms with van der Waals surface area (Å²) in [7, 11) is 1.98. The standard InChI is InChI=1S/C23H34N2O2S/c1-17(2)9-10-22(26)24(3)20-13-18-11-12-25(15-19(18)14-20)23(27)16-28-21-7-5-4-6-8-21/h4-8,17-20H,9-16H2,1-3H3/t18-,19-,20+/m1/s1. The lowest BCUT2D eigenvalue weighted by atomic mass is 9.89. The Hall–Kier alpha value is -1.49. The molecular weight excluding hydrogens is 368 g/mol. The number of thioether (sulfide) groups is 1. The lowest BCUT2D eigenvalue weighted by Gasteiger charge is -2.35. The molecule has 28 heavy (non-hydrogen) atoms. The van der Waals surface area contributed by atoms with Gasteiger partial charge >= 0.3 is 0 Å². The summed E-state index contributed by atoms with van der Waals surface area (Å²) in [5.41, 5.74) is 0. The Balaban J connectivity index is 1.47. The molecule has 1 saturated heterocycles. The monoisotopic (exact) mass is 402 g/mol. The van der Waals surface area contributed by atoms with Gasteiger partial charge in [0.15, 0.2) is 0 Å². The van der Waals surface area contributed by atoms with Crippen LogP contribution in [0.15, 0.2) is 35.2 Å². The molecule has 1 aliphatic heterocycles. The fourth-order valence-electron chi connectivity index (χ4n) is 4.54. The summed E-state index contributed by atoms with van der Waals surface area (Å²) < 4.78 is 0. The van der Waals surface area contributed by atoms with Crippen LogP contribution in [0.5, 0.6) is 0 Å². The molecule has 0 radical (unpaired) electrons. The molecule has 3 rings (SSSR count). The highest BCUT2D eigenvalue weighted by molar-refractivity contribution is 8.00. The molecule has 0 aromatic heterocycles. The average molecular weight is 403 g/mol. The van der Waals surface area contributed by atoms with Crippen molar-refractivity contribution in [2.24, 2.45) is 17.8 Å². The van der Waals surface area contributed by atoms with Crippen LogP contribution in [-0.4, -0.2) is 53.5 Å². The number of benzene rings is 1. The van der Waals surface area contributed by atoms with Gasteiger partial charge in [-0.1, -0.05) is 32.0 Å². The summed E-state index contributed by atoms with van der Waals surface area (Å²) >= 11 is 1.62. The Labute approximate surface area is 174 Å². The van der Waals surface area contributed by atoms with Crippen LogP contribution in [0.1, 0.15) is 46.0 Å². The number of hydrogen-bond donors (Lipinski definition) is 0. The molecule has 0 bridgehead atoms. The van der Waals surface area contributed by atoms with E-state index in [0.717, 1.165) is 43.7 Å². The molecule has 5 heteroatoms. The highest BCUT2D eigenvalue weighted by Gasteiger charge is 2.41. The smallest absolute Gasteiger partial charge is 0.232 e. The van der Waals surface area contributed by atoms with Gasteiger partial charge in [0.1, 0.15) is 0 Å². The van der Waals surface area contributed by atoms with E-state index in [2.05, 4.69) is 30.9 Å². The second-order valence-corrected chi connectivity index (χ2v) is 9.86. The Bertz CT molecular complexity index is 664. The van der Waals surface area contributed by atoms with E-state index in [4.69, 9.17) is 0 Å². The van der Waals surface area contributed by atoms with E-state index in [1.165, 1.54) is 0 Å². The third-order valence-corrected chi connectivity index (χ3v) is 7.37. The van der Waals surface area contributed by atoms with Crippen molar-refractivity contribution < 1.29 is 9.59 Å². The van der Waals surface area contributed by atoms with Crippen LogP contribution in [0.4, 0.5) is 0 Å². The van der Waals surface area contributed by atoms with Crippen molar-refractivity contribution in [1.82, 2.24) is 9.80 Å². The van der Waals surface area contributed by atoms with Crippen LogP contribution in [0.25, 0.3) is 0 Å². The van der Waals surface area contributed by atoms with Gasteiger partial charge in [-0.25, -0.2) is 0 Å². The van der Waals surface area contributed by atoms with Crippen molar-refractivity contribution in [3.63, 3.8) is 0 Å². The summed E-state index contributed by atoms with van der Waals surface area (Å²) in [5, 5.41) is 0. The van der Waals surface area contributed by atoms with Gasteiger partial charge in [0.2, 0.25) is 11.8 Å². The summed E-state index contributed by atoms with van der Waals surface area (Å²) in [4.78, 5) is 30.4. The minimum absolute atomic E-state index is 0.247. The first-order valence-electron chi connectivity index (χ1n) is 10.6. The van der Waals surface area contributed by atoms with E-state index in [9.17, 15) is 9.59 Å². The first-order chi connectivity index (χ1) is 13.4. The van der Waals surface area contributed by atoms with Gasteiger partial charge in [-0.2, -0.15) is 0 Å². The van der Waals surface area contributed by atoms with Gasteiger partial charge in [0, 0.05) is 37.5 Å². The van der Waals surface area contributed by atoms with Crippen molar-refractivity contribution in [2.75, 3.05) is 25.9 Å². The molecule has 154 valence electrons. The molecule has 3 atom stereocenters. The van der Waals surface area contributed by atoms with Gasteiger partial charge in [-0.05, 0) is 55.6 Å². The van der Waals surface area contributed by atoms with Crippen LogP contribution in [-0.2, 0) is 9.59 Å². The van der Waals surface area contributed by atoms with Crippen LogP contribution >= 0.6 is 11.8 Å². The third-order valence-electron chi connectivity index (χ3n) is 6.38. The minimum Gasteiger partial charge on any atom is -0.343 e. The number of hydrogen-bond acceptors (Lipinski definition) is 3. The maximum atomic E-state index is 12.7. The number of rotatable bonds is 7. The maximum Gasteiger partial charge on any atom is 0.232 e.